The Hall–Kier alpha value is -2.69. The van der Waals surface area contributed by atoms with Gasteiger partial charge in [0, 0.05) is 6.07 Å². The van der Waals surface area contributed by atoms with E-state index in [0.29, 0.717) is 17.1 Å². The summed E-state index contributed by atoms with van der Waals surface area (Å²) in [5.74, 6) is 1.11. The van der Waals surface area contributed by atoms with Crippen molar-refractivity contribution < 1.29 is 14.3 Å². The van der Waals surface area contributed by atoms with Gasteiger partial charge in [-0.1, -0.05) is 18.2 Å². The highest BCUT2D eigenvalue weighted by Gasteiger charge is 2.09. The molecule has 5 heteroatoms. The number of carbonyl (C=O) groups excluding carboxylic acids is 1. The van der Waals surface area contributed by atoms with Crippen LogP contribution in [0.2, 0.25) is 0 Å². The lowest BCUT2D eigenvalue weighted by molar-refractivity contribution is -0.118. The van der Waals surface area contributed by atoms with E-state index in [1.165, 1.54) is 0 Å². The molecule has 0 unspecified atom stereocenters. The normalized spacial score (nSPS) is 10.1. The van der Waals surface area contributed by atoms with Gasteiger partial charge < -0.3 is 20.5 Å². The molecule has 0 aliphatic carbocycles. The summed E-state index contributed by atoms with van der Waals surface area (Å²) >= 11 is 0. The number of para-hydroxylation sites is 1. The summed E-state index contributed by atoms with van der Waals surface area (Å²) in [5.41, 5.74) is 8.84. The number of hydrogen-bond donors (Lipinski definition) is 2. The fourth-order valence-corrected chi connectivity index (χ4v) is 2.13. The van der Waals surface area contributed by atoms with E-state index in [1.54, 1.807) is 25.3 Å². The maximum atomic E-state index is 12.0. The molecule has 0 saturated carbocycles. The third-order valence-corrected chi connectivity index (χ3v) is 3.29. The zero-order chi connectivity index (χ0) is 16.1. The van der Waals surface area contributed by atoms with Crippen LogP contribution in [0.15, 0.2) is 36.4 Å². The van der Waals surface area contributed by atoms with E-state index in [2.05, 4.69) is 5.32 Å². The molecule has 2 aromatic rings. The summed E-state index contributed by atoms with van der Waals surface area (Å²) in [7, 11) is 1.56. The van der Waals surface area contributed by atoms with Crippen molar-refractivity contribution in [1.82, 2.24) is 0 Å². The molecular weight excluding hydrogens is 280 g/mol. The third-order valence-electron chi connectivity index (χ3n) is 3.29. The van der Waals surface area contributed by atoms with Crippen molar-refractivity contribution >= 4 is 17.3 Å². The van der Waals surface area contributed by atoms with Crippen LogP contribution in [-0.2, 0) is 4.79 Å². The zero-order valence-electron chi connectivity index (χ0n) is 13.0. The number of nitrogens with two attached hydrogens (primary N) is 1. The first-order valence-electron chi connectivity index (χ1n) is 6.93. The van der Waals surface area contributed by atoms with E-state index in [-0.39, 0.29) is 12.5 Å². The standard InChI is InChI=1S/C17H20N2O3/c1-11-5-4-6-12(2)17(11)22-10-16(20)19-15-8-7-13(21-3)9-14(15)18/h4-9H,10,18H2,1-3H3,(H,19,20). The van der Waals surface area contributed by atoms with E-state index in [1.807, 2.05) is 32.0 Å². The second-order valence-electron chi connectivity index (χ2n) is 5.01. The predicted octanol–water partition coefficient (Wildman–Crippen LogP) is 2.91. The number of hydrogen-bond acceptors (Lipinski definition) is 4. The Morgan fingerprint density at radius 3 is 2.45 bits per heavy atom. The van der Waals surface area contributed by atoms with E-state index in [9.17, 15) is 4.79 Å². The summed E-state index contributed by atoms with van der Waals surface area (Å²) in [6.07, 6.45) is 0. The average Bonchev–Trinajstić information content (AvgIpc) is 2.48. The van der Waals surface area contributed by atoms with Gasteiger partial charge in [-0.05, 0) is 37.1 Å². The topological polar surface area (TPSA) is 73.6 Å². The largest absolute Gasteiger partial charge is 0.497 e. The van der Waals surface area contributed by atoms with Crippen molar-refractivity contribution in [3.05, 3.63) is 47.5 Å². The molecule has 116 valence electrons. The number of methoxy groups -OCH3 is 1. The minimum Gasteiger partial charge on any atom is -0.497 e. The maximum Gasteiger partial charge on any atom is 0.262 e. The Bertz CT molecular complexity index is 663. The lowest BCUT2D eigenvalue weighted by atomic mass is 10.1. The first-order valence-corrected chi connectivity index (χ1v) is 6.93. The van der Waals surface area contributed by atoms with Crippen LogP contribution in [0.25, 0.3) is 0 Å². The van der Waals surface area contributed by atoms with Gasteiger partial charge in [0.2, 0.25) is 0 Å². The Morgan fingerprint density at radius 2 is 1.86 bits per heavy atom. The second kappa shape index (κ2) is 6.85. The molecule has 0 aromatic heterocycles. The van der Waals surface area contributed by atoms with Gasteiger partial charge >= 0.3 is 0 Å². The average molecular weight is 300 g/mol. The molecule has 0 fully saturated rings. The highest BCUT2D eigenvalue weighted by atomic mass is 16.5. The SMILES string of the molecule is COc1ccc(NC(=O)COc2c(C)cccc2C)c(N)c1. The summed E-state index contributed by atoms with van der Waals surface area (Å²) < 4.78 is 10.7. The second-order valence-corrected chi connectivity index (χ2v) is 5.01. The van der Waals surface area contributed by atoms with Crippen molar-refractivity contribution in [2.75, 3.05) is 24.8 Å². The molecule has 0 bridgehead atoms. The number of nitrogens with one attached hydrogen (secondary N) is 1. The van der Waals surface area contributed by atoms with Crippen LogP contribution in [-0.4, -0.2) is 19.6 Å². The minimum absolute atomic E-state index is 0.0723. The third kappa shape index (κ3) is 3.69. The van der Waals surface area contributed by atoms with Crippen molar-refractivity contribution in [3.63, 3.8) is 0 Å². The van der Waals surface area contributed by atoms with Gasteiger partial charge in [-0.15, -0.1) is 0 Å². The Kier molecular flexibility index (Phi) is 4.88. The van der Waals surface area contributed by atoms with Crippen LogP contribution in [0.3, 0.4) is 0 Å². The molecule has 5 nitrogen and oxygen atoms in total. The van der Waals surface area contributed by atoms with Gasteiger partial charge in [0.1, 0.15) is 11.5 Å². The van der Waals surface area contributed by atoms with E-state index in [4.69, 9.17) is 15.2 Å². The van der Waals surface area contributed by atoms with E-state index < -0.39 is 0 Å². The summed E-state index contributed by atoms with van der Waals surface area (Å²) in [4.78, 5) is 12.0. The summed E-state index contributed by atoms with van der Waals surface area (Å²) in [6.45, 7) is 3.82. The lowest BCUT2D eigenvalue weighted by Crippen LogP contribution is -2.21. The molecule has 2 rings (SSSR count). The van der Waals surface area contributed by atoms with Gasteiger partial charge in [-0.2, -0.15) is 0 Å². The van der Waals surface area contributed by atoms with Gasteiger partial charge in [0.15, 0.2) is 6.61 Å². The van der Waals surface area contributed by atoms with E-state index in [0.717, 1.165) is 16.9 Å². The minimum atomic E-state index is -0.264. The van der Waals surface area contributed by atoms with Crippen LogP contribution in [0.4, 0.5) is 11.4 Å². The van der Waals surface area contributed by atoms with Gasteiger partial charge in [0.05, 0.1) is 18.5 Å². The Balaban J connectivity index is 1.99. The first kappa shape index (κ1) is 15.7. The number of anilines is 2. The fraction of sp³-hybridized carbons (Fsp3) is 0.235. The number of nitrogen functional groups attached to an aromatic ring is 1. The maximum absolute atomic E-state index is 12.0. The van der Waals surface area contributed by atoms with Crippen molar-refractivity contribution in [3.8, 4) is 11.5 Å². The number of benzene rings is 2. The predicted molar refractivity (Wildman–Crippen MR) is 87.4 cm³/mol. The van der Waals surface area contributed by atoms with Crippen LogP contribution in [0.1, 0.15) is 11.1 Å². The van der Waals surface area contributed by atoms with Crippen LogP contribution in [0, 0.1) is 13.8 Å². The number of rotatable bonds is 5. The van der Waals surface area contributed by atoms with E-state index >= 15 is 0 Å². The quantitative estimate of drug-likeness (QED) is 0.833. The summed E-state index contributed by atoms with van der Waals surface area (Å²) in [6, 6.07) is 10.9. The molecule has 0 saturated heterocycles. The molecule has 0 spiro atoms. The number of aryl methyl sites for hydroxylation is 2. The van der Waals surface area contributed by atoms with Crippen LogP contribution in [0.5, 0.6) is 11.5 Å². The number of amides is 1. The van der Waals surface area contributed by atoms with Crippen LogP contribution < -0.4 is 20.5 Å². The molecule has 0 heterocycles. The van der Waals surface area contributed by atoms with Gasteiger partial charge in [-0.3, -0.25) is 4.79 Å². The van der Waals surface area contributed by atoms with Crippen molar-refractivity contribution in [2.45, 2.75) is 13.8 Å². The first-order chi connectivity index (χ1) is 10.5. The molecule has 2 aromatic carbocycles. The van der Waals surface area contributed by atoms with Gasteiger partial charge in [0.25, 0.3) is 5.91 Å². The highest BCUT2D eigenvalue weighted by molar-refractivity contribution is 5.95. The summed E-state index contributed by atoms with van der Waals surface area (Å²) in [5, 5.41) is 2.73. The molecular formula is C17H20N2O3. The molecule has 0 atom stereocenters. The van der Waals surface area contributed by atoms with Crippen molar-refractivity contribution in [2.24, 2.45) is 0 Å². The van der Waals surface area contributed by atoms with Gasteiger partial charge in [-0.25, -0.2) is 0 Å². The molecule has 3 N–H and O–H groups in total. The van der Waals surface area contributed by atoms with Crippen LogP contribution >= 0.6 is 0 Å². The lowest BCUT2D eigenvalue weighted by Gasteiger charge is -2.13. The monoisotopic (exact) mass is 300 g/mol. The molecule has 22 heavy (non-hydrogen) atoms. The van der Waals surface area contributed by atoms with Crippen molar-refractivity contribution in [1.29, 1.82) is 0 Å². The smallest absolute Gasteiger partial charge is 0.262 e. The molecule has 0 aliphatic rings. The number of carbonyl (C=O) groups is 1. The highest BCUT2D eigenvalue weighted by Crippen LogP contribution is 2.25. The Labute approximate surface area is 130 Å². The fourth-order valence-electron chi connectivity index (χ4n) is 2.13. The number of ether oxygens (including phenoxy) is 2. The zero-order valence-corrected chi connectivity index (χ0v) is 13.0. The molecule has 0 radical (unpaired) electrons. The molecule has 1 amide bonds. The molecule has 0 aliphatic heterocycles. The Morgan fingerprint density at radius 1 is 1.18 bits per heavy atom.